The molecule has 0 aromatic heterocycles. The maximum absolute atomic E-state index is 11.8. The molecule has 0 rings (SSSR count). The summed E-state index contributed by atoms with van der Waals surface area (Å²) in [5.41, 5.74) is 0. The molecule has 0 aromatic carbocycles. The summed E-state index contributed by atoms with van der Waals surface area (Å²) in [6.45, 7) is 5.18. The number of carbonyl (C=O) groups is 1. The van der Waals surface area contributed by atoms with Gasteiger partial charge in [-0.1, -0.05) is 155 Å². The molecule has 0 amide bonds. The summed E-state index contributed by atoms with van der Waals surface area (Å²) < 4.78 is 5.38. The molecular formula is C29H58O2. The molecule has 0 N–H and O–H groups in total. The van der Waals surface area contributed by atoms with Gasteiger partial charge in [0, 0.05) is 6.42 Å². The molecule has 0 unspecified atom stereocenters. The van der Waals surface area contributed by atoms with Crippen LogP contribution < -0.4 is 0 Å². The molecule has 0 fully saturated rings. The van der Waals surface area contributed by atoms with Crippen LogP contribution in [0.5, 0.6) is 0 Å². The van der Waals surface area contributed by atoms with Crippen LogP contribution in [0, 0.1) is 0 Å². The van der Waals surface area contributed by atoms with E-state index in [0.29, 0.717) is 13.0 Å². The lowest BCUT2D eigenvalue weighted by molar-refractivity contribution is -0.143. The van der Waals surface area contributed by atoms with Crippen molar-refractivity contribution < 1.29 is 9.53 Å². The van der Waals surface area contributed by atoms with Gasteiger partial charge in [0.25, 0.3) is 0 Å². The van der Waals surface area contributed by atoms with Crippen molar-refractivity contribution in [2.45, 2.75) is 174 Å². The van der Waals surface area contributed by atoms with Crippen molar-refractivity contribution in [3.8, 4) is 0 Å². The second-order valence-electron chi connectivity index (χ2n) is 9.75. The Balaban J connectivity index is 3.11. The van der Waals surface area contributed by atoms with Crippen LogP contribution in [-0.2, 0) is 9.53 Å². The van der Waals surface area contributed by atoms with Crippen molar-refractivity contribution in [1.82, 2.24) is 0 Å². The first kappa shape index (κ1) is 30.5. The highest BCUT2D eigenvalue weighted by Gasteiger charge is 2.02. The van der Waals surface area contributed by atoms with E-state index in [4.69, 9.17) is 4.74 Å². The maximum atomic E-state index is 11.8. The molecular weight excluding hydrogens is 380 g/mol. The van der Waals surface area contributed by atoms with E-state index in [1.54, 1.807) is 0 Å². The minimum atomic E-state index is 0.0203. The number of unbranched alkanes of at least 4 members (excludes halogenated alkanes) is 22. The molecule has 2 heteroatoms. The summed E-state index contributed by atoms with van der Waals surface area (Å²) in [7, 11) is 0. The lowest BCUT2D eigenvalue weighted by Gasteiger charge is -2.06. The monoisotopic (exact) mass is 438 g/mol. The van der Waals surface area contributed by atoms with Crippen LogP contribution in [0.15, 0.2) is 0 Å². The van der Waals surface area contributed by atoms with Crippen LogP contribution in [0.1, 0.15) is 174 Å². The van der Waals surface area contributed by atoms with E-state index in [-0.39, 0.29) is 5.97 Å². The number of hydrogen-bond acceptors (Lipinski definition) is 2. The van der Waals surface area contributed by atoms with E-state index >= 15 is 0 Å². The molecule has 0 aromatic rings. The van der Waals surface area contributed by atoms with Crippen LogP contribution in [0.3, 0.4) is 0 Å². The van der Waals surface area contributed by atoms with Crippen LogP contribution in [-0.4, -0.2) is 12.6 Å². The van der Waals surface area contributed by atoms with Gasteiger partial charge in [0.05, 0.1) is 6.61 Å². The Morgan fingerprint density at radius 3 is 1.06 bits per heavy atom. The van der Waals surface area contributed by atoms with Gasteiger partial charge in [0.1, 0.15) is 0 Å². The summed E-state index contributed by atoms with van der Waals surface area (Å²) in [6, 6.07) is 0. The van der Waals surface area contributed by atoms with Crippen molar-refractivity contribution in [2.24, 2.45) is 0 Å². The molecule has 0 saturated heterocycles. The van der Waals surface area contributed by atoms with Crippen molar-refractivity contribution in [1.29, 1.82) is 0 Å². The minimum absolute atomic E-state index is 0.0203. The number of ether oxygens (including phenoxy) is 1. The third-order valence-electron chi connectivity index (χ3n) is 6.50. The van der Waals surface area contributed by atoms with Gasteiger partial charge in [-0.2, -0.15) is 0 Å². The topological polar surface area (TPSA) is 26.3 Å². The second-order valence-corrected chi connectivity index (χ2v) is 9.75. The molecule has 0 aliphatic heterocycles. The third kappa shape index (κ3) is 27.4. The summed E-state index contributed by atoms with van der Waals surface area (Å²) in [5, 5.41) is 0. The van der Waals surface area contributed by atoms with E-state index in [2.05, 4.69) is 13.8 Å². The Hall–Kier alpha value is -0.530. The highest BCUT2D eigenvalue weighted by atomic mass is 16.5. The van der Waals surface area contributed by atoms with Crippen LogP contribution in [0.4, 0.5) is 0 Å². The first-order valence-corrected chi connectivity index (χ1v) is 14.5. The fourth-order valence-corrected chi connectivity index (χ4v) is 4.31. The highest BCUT2D eigenvalue weighted by Crippen LogP contribution is 2.14. The van der Waals surface area contributed by atoms with Crippen molar-refractivity contribution in [3.05, 3.63) is 0 Å². The van der Waals surface area contributed by atoms with E-state index in [0.717, 1.165) is 12.8 Å². The van der Waals surface area contributed by atoms with E-state index in [1.807, 2.05) is 0 Å². The molecule has 0 atom stereocenters. The Morgan fingerprint density at radius 1 is 0.419 bits per heavy atom. The molecule has 0 radical (unpaired) electrons. The average molecular weight is 439 g/mol. The fraction of sp³-hybridized carbons (Fsp3) is 0.966. The molecule has 0 spiro atoms. The molecule has 0 bridgehead atoms. The smallest absolute Gasteiger partial charge is 0.305 e. The molecule has 0 heterocycles. The maximum Gasteiger partial charge on any atom is 0.305 e. The number of esters is 1. The standard InChI is InChI=1S/C29H58O2/c1-3-5-7-9-11-13-14-15-16-17-18-19-20-22-24-26-28-31-29(30)27-25-23-21-12-10-8-6-4-2/h3-28H2,1-2H3. The quantitative estimate of drug-likeness (QED) is 0.0991. The third-order valence-corrected chi connectivity index (χ3v) is 6.50. The minimum Gasteiger partial charge on any atom is -0.466 e. The van der Waals surface area contributed by atoms with Gasteiger partial charge < -0.3 is 4.74 Å². The molecule has 2 nitrogen and oxygen atoms in total. The zero-order valence-electron chi connectivity index (χ0n) is 21.7. The van der Waals surface area contributed by atoms with Crippen molar-refractivity contribution >= 4 is 5.97 Å². The van der Waals surface area contributed by atoms with Gasteiger partial charge in [-0.15, -0.1) is 0 Å². The van der Waals surface area contributed by atoms with Crippen LogP contribution in [0.25, 0.3) is 0 Å². The Labute approximate surface area is 196 Å². The molecule has 186 valence electrons. The van der Waals surface area contributed by atoms with Gasteiger partial charge in [0.2, 0.25) is 0 Å². The highest BCUT2D eigenvalue weighted by molar-refractivity contribution is 5.69. The lowest BCUT2D eigenvalue weighted by Crippen LogP contribution is -2.05. The van der Waals surface area contributed by atoms with Crippen LogP contribution >= 0.6 is 0 Å². The zero-order valence-corrected chi connectivity index (χ0v) is 21.7. The van der Waals surface area contributed by atoms with E-state index in [1.165, 1.54) is 141 Å². The van der Waals surface area contributed by atoms with Gasteiger partial charge in [-0.25, -0.2) is 0 Å². The van der Waals surface area contributed by atoms with E-state index in [9.17, 15) is 4.79 Å². The first-order valence-electron chi connectivity index (χ1n) is 14.5. The molecule has 31 heavy (non-hydrogen) atoms. The summed E-state index contributed by atoms with van der Waals surface area (Å²) in [5.74, 6) is 0.0203. The SMILES string of the molecule is CCCCCCCCCCCCCCCCCCOC(=O)CCCCCCCCCC. The number of hydrogen-bond donors (Lipinski definition) is 0. The van der Waals surface area contributed by atoms with Gasteiger partial charge >= 0.3 is 5.97 Å². The Morgan fingerprint density at radius 2 is 0.710 bits per heavy atom. The largest absolute Gasteiger partial charge is 0.466 e. The lowest BCUT2D eigenvalue weighted by atomic mass is 10.0. The molecule has 0 aliphatic carbocycles. The second kappa shape index (κ2) is 27.5. The Bertz CT molecular complexity index is 340. The van der Waals surface area contributed by atoms with E-state index < -0.39 is 0 Å². The fourth-order valence-electron chi connectivity index (χ4n) is 4.31. The van der Waals surface area contributed by atoms with Gasteiger partial charge in [-0.3, -0.25) is 4.79 Å². The van der Waals surface area contributed by atoms with Crippen molar-refractivity contribution in [3.63, 3.8) is 0 Å². The average Bonchev–Trinajstić information content (AvgIpc) is 2.77. The van der Waals surface area contributed by atoms with Gasteiger partial charge in [0.15, 0.2) is 0 Å². The predicted octanol–water partition coefficient (Wildman–Crippen LogP) is 10.3. The summed E-state index contributed by atoms with van der Waals surface area (Å²) in [6.07, 6.45) is 32.8. The number of rotatable bonds is 26. The van der Waals surface area contributed by atoms with Crippen molar-refractivity contribution in [2.75, 3.05) is 6.61 Å². The van der Waals surface area contributed by atoms with Crippen LogP contribution in [0.2, 0.25) is 0 Å². The Kier molecular flexibility index (Phi) is 27.0. The first-order chi connectivity index (χ1) is 15.3. The molecule has 0 saturated carbocycles. The zero-order chi connectivity index (χ0) is 22.7. The molecule has 0 aliphatic rings. The predicted molar refractivity (Wildman–Crippen MR) is 138 cm³/mol. The normalized spacial score (nSPS) is 11.2. The van der Waals surface area contributed by atoms with Gasteiger partial charge in [-0.05, 0) is 12.8 Å². The summed E-state index contributed by atoms with van der Waals surface area (Å²) in [4.78, 5) is 11.8. The summed E-state index contributed by atoms with van der Waals surface area (Å²) >= 11 is 0. The number of carbonyl (C=O) groups excluding carboxylic acids is 1.